The molecule has 0 fully saturated rings. The molecule has 1 aromatic heterocycles. The summed E-state index contributed by atoms with van der Waals surface area (Å²) in [5.74, 6) is 0. The van der Waals surface area contributed by atoms with E-state index in [9.17, 15) is 4.91 Å². The lowest BCUT2D eigenvalue weighted by Crippen LogP contribution is -2.17. The van der Waals surface area contributed by atoms with Gasteiger partial charge in [-0.3, -0.25) is 0 Å². The summed E-state index contributed by atoms with van der Waals surface area (Å²) in [5.41, 5.74) is 2.74. The van der Waals surface area contributed by atoms with Crippen molar-refractivity contribution in [3.05, 3.63) is 52.4 Å². The van der Waals surface area contributed by atoms with Crippen molar-refractivity contribution in [1.82, 2.24) is 4.98 Å². The number of aromatic amines is 1. The first-order chi connectivity index (χ1) is 7.75. The molecule has 2 aromatic carbocycles. The van der Waals surface area contributed by atoms with Crippen molar-refractivity contribution in [1.29, 1.82) is 0 Å². The number of aromatic nitrogens is 2. The lowest BCUT2D eigenvalue weighted by Gasteiger charge is -1.95. The van der Waals surface area contributed by atoms with Crippen LogP contribution >= 0.6 is 11.6 Å². The fourth-order valence-electron chi connectivity index (χ4n) is 1.82. The Kier molecular flexibility index (Phi) is 1.94. The predicted molar refractivity (Wildman–Crippen MR) is 64.2 cm³/mol. The monoisotopic (exact) mass is 231 g/mol. The first-order valence-electron chi connectivity index (χ1n) is 4.88. The zero-order chi connectivity index (χ0) is 11.1. The fourth-order valence-corrected chi connectivity index (χ4v) is 1.99. The number of nitrogens with one attached hydrogen (secondary N) is 1. The van der Waals surface area contributed by atoms with Crippen LogP contribution in [0, 0.1) is 4.91 Å². The molecular weight excluding hydrogens is 224 g/mol. The van der Waals surface area contributed by atoms with Crippen molar-refractivity contribution in [2.75, 3.05) is 0 Å². The van der Waals surface area contributed by atoms with E-state index >= 15 is 0 Å². The van der Waals surface area contributed by atoms with Gasteiger partial charge in [0.25, 0.3) is 11.0 Å². The highest BCUT2D eigenvalue weighted by Gasteiger charge is 2.12. The topological polar surface area (TPSA) is 38.8 Å². The van der Waals surface area contributed by atoms with E-state index < -0.39 is 0 Å². The van der Waals surface area contributed by atoms with Gasteiger partial charge in [0.2, 0.25) is 0 Å². The number of para-hydroxylation sites is 2. The maximum absolute atomic E-state index is 12.1. The number of rotatable bonds is 0. The molecule has 0 bridgehead atoms. The van der Waals surface area contributed by atoms with E-state index in [0.717, 1.165) is 15.5 Å². The number of benzene rings is 2. The molecule has 0 aliphatic rings. The molecule has 0 aliphatic heterocycles. The number of nitrogens with zero attached hydrogens (tertiary/aromatic N) is 1. The molecule has 4 heteroatoms. The maximum atomic E-state index is 12.1. The molecule has 0 aliphatic carbocycles. The Bertz CT molecular complexity index is 749. The third kappa shape index (κ3) is 1.29. The molecule has 3 aromatic rings. The quantitative estimate of drug-likeness (QED) is 0.469. The zero-order valence-corrected chi connectivity index (χ0v) is 9.03. The second-order valence-electron chi connectivity index (χ2n) is 3.60. The summed E-state index contributed by atoms with van der Waals surface area (Å²) in [6.07, 6.45) is 0. The molecule has 0 saturated carbocycles. The van der Waals surface area contributed by atoms with Crippen LogP contribution in [0.4, 0.5) is 0 Å². The third-order valence-electron chi connectivity index (χ3n) is 2.57. The molecule has 3 nitrogen and oxygen atoms in total. The first kappa shape index (κ1) is 9.36. The van der Waals surface area contributed by atoms with Gasteiger partial charge in [-0.1, -0.05) is 23.7 Å². The van der Waals surface area contributed by atoms with Gasteiger partial charge in [0.15, 0.2) is 0 Å². The van der Waals surface area contributed by atoms with Crippen LogP contribution in [0.25, 0.3) is 22.1 Å². The van der Waals surface area contributed by atoms with Crippen LogP contribution in [-0.4, -0.2) is 4.98 Å². The summed E-state index contributed by atoms with van der Waals surface area (Å²) in [5, 5.41) is 0.610. The molecule has 0 radical (unpaired) electrons. The Morgan fingerprint density at radius 1 is 1.00 bits per heavy atom. The van der Waals surface area contributed by atoms with Crippen molar-refractivity contribution >= 4 is 33.7 Å². The molecule has 0 unspecified atom stereocenters. The van der Waals surface area contributed by atoms with Crippen molar-refractivity contribution in [3.8, 4) is 0 Å². The summed E-state index contributed by atoms with van der Waals surface area (Å²) < 4.78 is 0.914. The van der Waals surface area contributed by atoms with Crippen molar-refractivity contribution in [3.63, 3.8) is 0 Å². The van der Waals surface area contributed by atoms with Crippen LogP contribution in [0.15, 0.2) is 42.5 Å². The van der Waals surface area contributed by atoms with Gasteiger partial charge in [0, 0.05) is 22.1 Å². The van der Waals surface area contributed by atoms with Gasteiger partial charge in [0.1, 0.15) is 11.0 Å². The number of H-pyrrole nitrogens is 1. The molecular formula is C12H8ClN2O+. The molecule has 1 N–H and O–H groups in total. The summed E-state index contributed by atoms with van der Waals surface area (Å²) in [7, 11) is 0. The van der Waals surface area contributed by atoms with Crippen molar-refractivity contribution in [2.24, 2.45) is 0 Å². The van der Waals surface area contributed by atoms with E-state index in [-0.39, 0.29) is 0 Å². The smallest absolute Gasteiger partial charge is 0.287 e. The van der Waals surface area contributed by atoms with Crippen LogP contribution in [0.5, 0.6) is 0 Å². The molecule has 3 rings (SSSR count). The first-order valence-corrected chi connectivity index (χ1v) is 5.26. The van der Waals surface area contributed by atoms with Gasteiger partial charge < -0.3 is 4.98 Å². The van der Waals surface area contributed by atoms with Gasteiger partial charge in [-0.15, -0.1) is 0 Å². The minimum atomic E-state index is 0.586. The summed E-state index contributed by atoms with van der Waals surface area (Å²) in [4.78, 5) is 15.2. The summed E-state index contributed by atoms with van der Waals surface area (Å²) in [6.45, 7) is 0. The Balaban J connectivity index is 2.61. The highest BCUT2D eigenvalue weighted by atomic mass is 35.5. The fraction of sp³-hybridized carbons (Fsp3) is 0. The Morgan fingerprint density at radius 3 is 2.62 bits per heavy atom. The molecule has 0 saturated heterocycles. The molecule has 1 heterocycles. The summed E-state index contributed by atoms with van der Waals surface area (Å²) in [6, 6.07) is 12.5. The average molecular weight is 232 g/mol. The van der Waals surface area contributed by atoms with E-state index in [1.807, 2.05) is 18.2 Å². The largest absolute Gasteiger partial charge is 0.344 e. The van der Waals surface area contributed by atoms with Crippen LogP contribution in [0.3, 0.4) is 0 Å². The van der Waals surface area contributed by atoms with Crippen LogP contribution < -0.4 is 4.43 Å². The summed E-state index contributed by atoms with van der Waals surface area (Å²) >= 11 is 5.89. The lowest BCUT2D eigenvalue weighted by molar-refractivity contribution is -0.432. The number of fused-ring (bicyclic) bond motifs is 2. The standard InChI is InChI=1S/C12H8ClN2O/c13-8-5-6-12-10(7-8)14-9-3-1-2-4-11(9)15(12)16/h1-7H,(H,14,16)/q+1. The molecule has 0 spiro atoms. The van der Waals surface area contributed by atoms with Crippen LogP contribution in [-0.2, 0) is 0 Å². The Morgan fingerprint density at radius 2 is 1.75 bits per heavy atom. The minimum absolute atomic E-state index is 0.586. The van der Waals surface area contributed by atoms with E-state index in [4.69, 9.17) is 11.6 Å². The minimum Gasteiger partial charge on any atom is -0.344 e. The second-order valence-corrected chi connectivity index (χ2v) is 4.03. The van der Waals surface area contributed by atoms with Gasteiger partial charge >= 0.3 is 0 Å². The maximum Gasteiger partial charge on any atom is 0.287 e. The van der Waals surface area contributed by atoms with Crippen LogP contribution in [0.1, 0.15) is 0 Å². The van der Waals surface area contributed by atoms with Crippen molar-refractivity contribution < 1.29 is 4.43 Å². The molecule has 78 valence electrons. The van der Waals surface area contributed by atoms with Gasteiger partial charge in [-0.05, 0) is 18.2 Å². The molecule has 16 heavy (non-hydrogen) atoms. The SMILES string of the molecule is O=[n+]1c2ccccc2[nH]c2cc(Cl)ccc21. The van der Waals surface area contributed by atoms with E-state index in [1.54, 1.807) is 24.3 Å². The van der Waals surface area contributed by atoms with Gasteiger partial charge in [-0.2, -0.15) is 0 Å². The van der Waals surface area contributed by atoms with E-state index in [1.165, 1.54) is 0 Å². The van der Waals surface area contributed by atoms with E-state index in [2.05, 4.69) is 4.98 Å². The number of hydrogen-bond donors (Lipinski definition) is 1. The predicted octanol–water partition coefficient (Wildman–Crippen LogP) is 2.89. The zero-order valence-electron chi connectivity index (χ0n) is 8.27. The molecule has 0 atom stereocenters. The average Bonchev–Trinajstić information content (AvgIpc) is 2.29. The normalized spacial score (nSPS) is 11.1. The van der Waals surface area contributed by atoms with E-state index in [0.29, 0.717) is 16.1 Å². The Labute approximate surface area is 95.9 Å². The third-order valence-corrected chi connectivity index (χ3v) is 2.80. The number of hydrogen-bond acceptors (Lipinski definition) is 1. The number of halogens is 1. The lowest BCUT2D eigenvalue weighted by atomic mass is 10.2. The van der Waals surface area contributed by atoms with Crippen LogP contribution in [0.2, 0.25) is 5.02 Å². The second kappa shape index (κ2) is 3.32. The molecule has 0 amide bonds. The van der Waals surface area contributed by atoms with Gasteiger partial charge in [0.05, 0.1) is 4.43 Å². The highest BCUT2D eigenvalue weighted by Crippen LogP contribution is 2.17. The van der Waals surface area contributed by atoms with Crippen molar-refractivity contribution in [2.45, 2.75) is 0 Å². The van der Waals surface area contributed by atoms with Gasteiger partial charge in [-0.25, -0.2) is 0 Å². The highest BCUT2D eigenvalue weighted by molar-refractivity contribution is 6.31. The Hall–Kier alpha value is -1.87.